The number of carbonyl (C=O) groups excluding carboxylic acids is 1. The zero-order chi connectivity index (χ0) is 15.7. The number of amides is 2. The van der Waals surface area contributed by atoms with Crippen molar-refractivity contribution in [2.45, 2.75) is 32.7 Å². The van der Waals surface area contributed by atoms with Gasteiger partial charge in [-0.25, -0.2) is 4.79 Å². The Hall–Kier alpha value is -1.76. The maximum atomic E-state index is 11.8. The van der Waals surface area contributed by atoms with Crippen LogP contribution in [0.1, 0.15) is 26.0 Å². The molecular formula is C14H21N3O3S. The Labute approximate surface area is 128 Å². The van der Waals surface area contributed by atoms with Crippen molar-refractivity contribution in [3.63, 3.8) is 0 Å². The van der Waals surface area contributed by atoms with E-state index in [2.05, 4.69) is 22.5 Å². The van der Waals surface area contributed by atoms with Gasteiger partial charge in [-0.05, 0) is 37.0 Å². The number of thioether (sulfide) groups is 1. The molecule has 7 heteroatoms. The van der Waals surface area contributed by atoms with Gasteiger partial charge in [-0.15, -0.1) is 0 Å². The number of urea groups is 1. The van der Waals surface area contributed by atoms with Crippen molar-refractivity contribution in [3.8, 4) is 0 Å². The Kier molecular flexibility index (Phi) is 7.60. The molecule has 0 saturated carbocycles. The molecule has 3 N–H and O–H groups in total. The van der Waals surface area contributed by atoms with Crippen LogP contribution in [0.5, 0.6) is 0 Å². The van der Waals surface area contributed by atoms with E-state index in [-0.39, 0.29) is 18.5 Å². The summed E-state index contributed by atoms with van der Waals surface area (Å²) in [5.74, 6) is 1.16. The molecule has 6 nitrogen and oxygen atoms in total. The first-order valence-corrected chi connectivity index (χ1v) is 7.98. The average Bonchev–Trinajstić information content (AvgIpc) is 2.40. The van der Waals surface area contributed by atoms with Crippen molar-refractivity contribution in [1.29, 1.82) is 0 Å². The molecule has 1 heterocycles. The van der Waals surface area contributed by atoms with Gasteiger partial charge in [-0.3, -0.25) is 9.78 Å². The van der Waals surface area contributed by atoms with Crippen LogP contribution >= 0.6 is 11.8 Å². The second-order valence-electron chi connectivity index (χ2n) is 4.59. The van der Waals surface area contributed by atoms with Crippen molar-refractivity contribution in [1.82, 2.24) is 10.3 Å². The number of pyridine rings is 1. The van der Waals surface area contributed by atoms with Crippen molar-refractivity contribution < 1.29 is 14.7 Å². The number of carbonyl (C=O) groups is 2. The molecule has 0 radical (unpaired) electrons. The Morgan fingerprint density at radius 3 is 2.76 bits per heavy atom. The topological polar surface area (TPSA) is 91.3 Å². The summed E-state index contributed by atoms with van der Waals surface area (Å²) in [6.07, 6.45) is 2.25. The minimum absolute atomic E-state index is 0.100. The molecule has 0 aliphatic rings. The van der Waals surface area contributed by atoms with E-state index in [4.69, 9.17) is 5.11 Å². The molecule has 116 valence electrons. The normalized spacial score (nSPS) is 11.7. The predicted octanol–water partition coefficient (Wildman–Crippen LogP) is 2.36. The summed E-state index contributed by atoms with van der Waals surface area (Å²) in [7, 11) is 0. The number of rotatable bonds is 8. The van der Waals surface area contributed by atoms with E-state index in [1.54, 1.807) is 12.1 Å². The fraction of sp³-hybridized carbons (Fsp3) is 0.500. The third kappa shape index (κ3) is 7.55. The van der Waals surface area contributed by atoms with Crippen molar-refractivity contribution >= 4 is 29.4 Å². The first-order valence-electron chi connectivity index (χ1n) is 6.83. The summed E-state index contributed by atoms with van der Waals surface area (Å²) >= 11 is 1.84. The van der Waals surface area contributed by atoms with Gasteiger partial charge in [0, 0.05) is 6.04 Å². The second kappa shape index (κ2) is 9.23. The van der Waals surface area contributed by atoms with Gasteiger partial charge in [0.15, 0.2) is 0 Å². The lowest BCUT2D eigenvalue weighted by Gasteiger charge is -2.14. The fourth-order valence-electron chi connectivity index (χ4n) is 1.63. The maximum Gasteiger partial charge on any atom is 0.319 e. The highest BCUT2D eigenvalue weighted by Gasteiger charge is 2.08. The van der Waals surface area contributed by atoms with E-state index in [0.717, 1.165) is 17.9 Å². The molecule has 0 aliphatic heterocycles. The molecule has 0 spiro atoms. The van der Waals surface area contributed by atoms with Gasteiger partial charge >= 0.3 is 12.0 Å². The minimum Gasteiger partial charge on any atom is -0.481 e. The number of hydrogen-bond acceptors (Lipinski definition) is 4. The molecule has 0 bridgehead atoms. The van der Waals surface area contributed by atoms with E-state index >= 15 is 0 Å². The number of hydrogen-bond donors (Lipinski definition) is 3. The third-order valence-corrected chi connectivity index (χ3v) is 3.62. The summed E-state index contributed by atoms with van der Waals surface area (Å²) in [4.78, 5) is 26.3. The molecule has 1 aromatic heterocycles. The Morgan fingerprint density at radius 2 is 2.19 bits per heavy atom. The van der Waals surface area contributed by atoms with Crippen LogP contribution in [0.15, 0.2) is 18.3 Å². The van der Waals surface area contributed by atoms with Gasteiger partial charge in [0.25, 0.3) is 0 Å². The van der Waals surface area contributed by atoms with Crippen LogP contribution in [0.3, 0.4) is 0 Å². The summed E-state index contributed by atoms with van der Waals surface area (Å²) in [5.41, 5.74) is 0.996. The van der Waals surface area contributed by atoms with Crippen molar-refractivity contribution in [2.75, 3.05) is 16.8 Å². The summed E-state index contributed by atoms with van der Waals surface area (Å²) in [6, 6.07) is 3.05. The van der Waals surface area contributed by atoms with E-state index in [9.17, 15) is 9.59 Å². The molecule has 0 fully saturated rings. The summed E-state index contributed by atoms with van der Waals surface area (Å²) in [6.45, 7) is 4.07. The third-order valence-electron chi connectivity index (χ3n) is 2.69. The molecule has 1 aromatic rings. The second-order valence-corrected chi connectivity index (χ2v) is 5.99. The molecule has 0 aliphatic carbocycles. The highest BCUT2D eigenvalue weighted by atomic mass is 32.2. The van der Waals surface area contributed by atoms with Crippen molar-refractivity contribution in [2.24, 2.45) is 0 Å². The lowest BCUT2D eigenvalue weighted by atomic mass is 10.2. The van der Waals surface area contributed by atoms with Crippen LogP contribution in [-0.2, 0) is 11.2 Å². The molecule has 1 unspecified atom stereocenters. The standard InChI is InChI=1S/C14H21N3O3S/c1-3-21-7-6-10(2)16-14(20)17-12-5-4-11(15-9-12)8-13(18)19/h4-5,9-10H,3,6-8H2,1-2H3,(H,18,19)(H2,16,17,20). The van der Waals surface area contributed by atoms with Gasteiger partial charge in [0.1, 0.15) is 0 Å². The van der Waals surface area contributed by atoms with Crippen LogP contribution in [-0.4, -0.2) is 39.6 Å². The largest absolute Gasteiger partial charge is 0.481 e. The number of nitrogens with one attached hydrogen (secondary N) is 2. The number of aromatic nitrogens is 1. The molecule has 1 atom stereocenters. The zero-order valence-corrected chi connectivity index (χ0v) is 13.1. The van der Waals surface area contributed by atoms with Crippen molar-refractivity contribution in [3.05, 3.63) is 24.0 Å². The first kappa shape index (κ1) is 17.3. The van der Waals surface area contributed by atoms with E-state index < -0.39 is 5.97 Å². The molecular weight excluding hydrogens is 290 g/mol. The quantitative estimate of drug-likeness (QED) is 0.641. The minimum atomic E-state index is -0.931. The highest BCUT2D eigenvalue weighted by molar-refractivity contribution is 7.99. The molecule has 0 aromatic carbocycles. The van der Waals surface area contributed by atoms with Gasteiger partial charge in [0.2, 0.25) is 0 Å². The number of carboxylic acids is 1. The summed E-state index contributed by atoms with van der Waals surface area (Å²) < 4.78 is 0. The van der Waals surface area contributed by atoms with Crippen LogP contribution in [0.4, 0.5) is 10.5 Å². The smallest absolute Gasteiger partial charge is 0.319 e. The van der Waals surface area contributed by atoms with Gasteiger partial charge < -0.3 is 15.7 Å². The SMILES string of the molecule is CCSCCC(C)NC(=O)Nc1ccc(CC(=O)O)nc1. The number of aliphatic carboxylic acids is 1. The monoisotopic (exact) mass is 311 g/mol. The highest BCUT2D eigenvalue weighted by Crippen LogP contribution is 2.07. The summed E-state index contributed by atoms with van der Waals surface area (Å²) in [5, 5.41) is 14.2. The Balaban J connectivity index is 2.38. The number of anilines is 1. The predicted molar refractivity (Wildman–Crippen MR) is 84.8 cm³/mol. The maximum absolute atomic E-state index is 11.8. The Bertz CT molecular complexity index is 465. The van der Waals surface area contributed by atoms with Gasteiger partial charge in [-0.1, -0.05) is 6.92 Å². The zero-order valence-electron chi connectivity index (χ0n) is 12.3. The van der Waals surface area contributed by atoms with Crippen LogP contribution < -0.4 is 10.6 Å². The Morgan fingerprint density at radius 1 is 1.43 bits per heavy atom. The van der Waals surface area contributed by atoms with Crippen LogP contribution in [0.25, 0.3) is 0 Å². The van der Waals surface area contributed by atoms with Gasteiger partial charge in [0.05, 0.1) is 24.0 Å². The fourth-order valence-corrected chi connectivity index (χ4v) is 2.43. The number of nitrogens with zero attached hydrogens (tertiary/aromatic N) is 1. The molecule has 0 saturated heterocycles. The number of carboxylic acid groups (broad SMARTS) is 1. The first-order chi connectivity index (χ1) is 10.0. The van der Waals surface area contributed by atoms with Crippen LogP contribution in [0, 0.1) is 0 Å². The lowest BCUT2D eigenvalue weighted by molar-refractivity contribution is -0.136. The van der Waals surface area contributed by atoms with Crippen LogP contribution in [0.2, 0.25) is 0 Å². The molecule has 1 rings (SSSR count). The van der Waals surface area contributed by atoms with E-state index in [1.807, 2.05) is 18.7 Å². The van der Waals surface area contributed by atoms with E-state index in [0.29, 0.717) is 11.4 Å². The molecule has 21 heavy (non-hydrogen) atoms. The average molecular weight is 311 g/mol. The lowest BCUT2D eigenvalue weighted by Crippen LogP contribution is -2.36. The molecule has 2 amide bonds. The van der Waals surface area contributed by atoms with Gasteiger partial charge in [-0.2, -0.15) is 11.8 Å². The van der Waals surface area contributed by atoms with E-state index in [1.165, 1.54) is 6.20 Å².